The van der Waals surface area contributed by atoms with Crippen molar-refractivity contribution in [2.45, 2.75) is 12.2 Å². The number of morpholine rings is 1. The van der Waals surface area contributed by atoms with Gasteiger partial charge >= 0.3 is 0 Å². The third-order valence-electron chi connectivity index (χ3n) is 1.83. The van der Waals surface area contributed by atoms with Crippen molar-refractivity contribution in [3.05, 3.63) is 0 Å². The lowest BCUT2D eigenvalue weighted by molar-refractivity contribution is -0.0905. The Kier molecular flexibility index (Phi) is 4.53. The zero-order valence-electron chi connectivity index (χ0n) is 7.71. The van der Waals surface area contributed by atoms with Crippen LogP contribution in [0.25, 0.3) is 0 Å². The predicted octanol–water partition coefficient (Wildman–Crippen LogP) is -0.364. The van der Waals surface area contributed by atoms with Crippen LogP contribution in [0.3, 0.4) is 0 Å². The van der Waals surface area contributed by atoms with E-state index in [2.05, 4.69) is 5.32 Å². The Morgan fingerprint density at radius 2 is 1.67 bits per heavy atom. The van der Waals surface area contributed by atoms with Crippen molar-refractivity contribution in [1.82, 2.24) is 5.32 Å². The van der Waals surface area contributed by atoms with Crippen LogP contribution in [0.15, 0.2) is 0 Å². The summed E-state index contributed by atoms with van der Waals surface area (Å²) in [5, 5.41) is 3.27. The van der Waals surface area contributed by atoms with Gasteiger partial charge in [-0.2, -0.15) is 0 Å². The topological polar surface area (TPSA) is 39.7 Å². The third-order valence-corrected chi connectivity index (χ3v) is 1.83. The SMILES string of the molecule is COC[C@H]1CNC[C@@H](COC)O1. The molecule has 0 aromatic heterocycles. The standard InChI is InChI=1S/C8H17NO3/c1-10-5-7-3-9-4-8(12-7)6-11-2/h7-9H,3-6H2,1-2H3/t7-,8+. The van der Waals surface area contributed by atoms with Crippen molar-refractivity contribution in [3.63, 3.8) is 0 Å². The van der Waals surface area contributed by atoms with Gasteiger partial charge in [0.25, 0.3) is 0 Å². The van der Waals surface area contributed by atoms with Crippen LogP contribution < -0.4 is 5.32 Å². The first kappa shape index (κ1) is 9.92. The molecule has 72 valence electrons. The van der Waals surface area contributed by atoms with E-state index < -0.39 is 0 Å². The molecule has 0 aromatic rings. The Morgan fingerprint density at radius 1 is 1.17 bits per heavy atom. The van der Waals surface area contributed by atoms with Crippen LogP contribution in [-0.2, 0) is 14.2 Å². The summed E-state index contributed by atoms with van der Waals surface area (Å²) >= 11 is 0. The molecule has 1 saturated heterocycles. The molecule has 0 radical (unpaired) electrons. The van der Waals surface area contributed by atoms with Crippen molar-refractivity contribution >= 4 is 0 Å². The molecule has 0 amide bonds. The zero-order valence-corrected chi connectivity index (χ0v) is 7.71. The van der Waals surface area contributed by atoms with Gasteiger partial charge in [-0.3, -0.25) is 0 Å². The number of nitrogens with one attached hydrogen (secondary N) is 1. The zero-order chi connectivity index (χ0) is 8.81. The molecule has 1 aliphatic rings. The number of ether oxygens (including phenoxy) is 3. The molecule has 4 heteroatoms. The quantitative estimate of drug-likeness (QED) is 0.633. The first-order valence-electron chi connectivity index (χ1n) is 4.21. The van der Waals surface area contributed by atoms with Gasteiger partial charge in [0.15, 0.2) is 0 Å². The van der Waals surface area contributed by atoms with Gasteiger partial charge in [0.05, 0.1) is 25.4 Å². The van der Waals surface area contributed by atoms with Crippen LogP contribution in [0, 0.1) is 0 Å². The summed E-state index contributed by atoms with van der Waals surface area (Å²) in [5.74, 6) is 0. The Hall–Kier alpha value is -0.160. The second kappa shape index (κ2) is 5.48. The molecule has 1 N–H and O–H groups in total. The van der Waals surface area contributed by atoms with Crippen LogP contribution in [0.1, 0.15) is 0 Å². The lowest BCUT2D eigenvalue weighted by Crippen LogP contribution is -2.48. The minimum atomic E-state index is 0.170. The first-order valence-corrected chi connectivity index (χ1v) is 4.21. The van der Waals surface area contributed by atoms with Gasteiger partial charge < -0.3 is 19.5 Å². The third kappa shape index (κ3) is 3.06. The lowest BCUT2D eigenvalue weighted by atomic mass is 10.2. The maximum Gasteiger partial charge on any atom is 0.0937 e. The molecule has 0 spiro atoms. The molecule has 1 heterocycles. The molecule has 4 nitrogen and oxygen atoms in total. The van der Waals surface area contributed by atoms with Crippen molar-refractivity contribution in [1.29, 1.82) is 0 Å². The van der Waals surface area contributed by atoms with Gasteiger partial charge in [0, 0.05) is 27.3 Å². The highest BCUT2D eigenvalue weighted by Crippen LogP contribution is 2.04. The predicted molar refractivity (Wildman–Crippen MR) is 45.3 cm³/mol. The van der Waals surface area contributed by atoms with Gasteiger partial charge in [0.2, 0.25) is 0 Å². The average Bonchev–Trinajstić information content (AvgIpc) is 2.06. The van der Waals surface area contributed by atoms with Crippen LogP contribution in [-0.4, -0.2) is 52.7 Å². The summed E-state index contributed by atoms with van der Waals surface area (Å²) in [6.45, 7) is 3.03. The summed E-state index contributed by atoms with van der Waals surface area (Å²) in [7, 11) is 3.37. The minimum Gasteiger partial charge on any atom is -0.382 e. The average molecular weight is 175 g/mol. The van der Waals surface area contributed by atoms with E-state index in [9.17, 15) is 0 Å². The van der Waals surface area contributed by atoms with E-state index in [0.29, 0.717) is 13.2 Å². The molecular formula is C8H17NO3. The number of rotatable bonds is 4. The molecule has 2 atom stereocenters. The van der Waals surface area contributed by atoms with Crippen LogP contribution in [0.4, 0.5) is 0 Å². The van der Waals surface area contributed by atoms with E-state index in [1.807, 2.05) is 0 Å². The summed E-state index contributed by atoms with van der Waals surface area (Å²) in [4.78, 5) is 0. The van der Waals surface area contributed by atoms with E-state index in [1.165, 1.54) is 0 Å². The molecule has 1 aliphatic heterocycles. The van der Waals surface area contributed by atoms with Crippen molar-refractivity contribution in [3.8, 4) is 0 Å². The highest BCUT2D eigenvalue weighted by molar-refractivity contribution is 4.73. The minimum absolute atomic E-state index is 0.170. The van der Waals surface area contributed by atoms with Crippen molar-refractivity contribution in [2.24, 2.45) is 0 Å². The highest BCUT2D eigenvalue weighted by atomic mass is 16.6. The number of hydrogen-bond acceptors (Lipinski definition) is 4. The van der Waals surface area contributed by atoms with E-state index >= 15 is 0 Å². The normalized spacial score (nSPS) is 30.5. The fourth-order valence-electron chi connectivity index (χ4n) is 1.34. The summed E-state index contributed by atoms with van der Waals surface area (Å²) < 4.78 is 15.7. The van der Waals surface area contributed by atoms with E-state index in [4.69, 9.17) is 14.2 Å². The molecule has 0 unspecified atom stereocenters. The van der Waals surface area contributed by atoms with E-state index in [1.54, 1.807) is 14.2 Å². The molecule has 1 rings (SSSR count). The summed E-state index contributed by atoms with van der Waals surface area (Å²) in [6.07, 6.45) is 0.341. The largest absolute Gasteiger partial charge is 0.382 e. The van der Waals surface area contributed by atoms with Gasteiger partial charge in [-0.1, -0.05) is 0 Å². The molecule has 0 aliphatic carbocycles. The van der Waals surface area contributed by atoms with Crippen LogP contribution in [0.2, 0.25) is 0 Å². The van der Waals surface area contributed by atoms with Crippen molar-refractivity contribution in [2.75, 3.05) is 40.5 Å². The Balaban J connectivity index is 2.20. The number of hydrogen-bond donors (Lipinski definition) is 1. The Labute approximate surface area is 73.2 Å². The molecular weight excluding hydrogens is 158 g/mol. The Morgan fingerprint density at radius 3 is 2.08 bits per heavy atom. The van der Waals surface area contributed by atoms with E-state index in [0.717, 1.165) is 13.1 Å². The highest BCUT2D eigenvalue weighted by Gasteiger charge is 2.21. The smallest absolute Gasteiger partial charge is 0.0937 e. The summed E-state index contributed by atoms with van der Waals surface area (Å²) in [6, 6.07) is 0. The molecule has 0 bridgehead atoms. The molecule has 12 heavy (non-hydrogen) atoms. The monoisotopic (exact) mass is 175 g/mol. The second-order valence-corrected chi connectivity index (χ2v) is 2.95. The first-order chi connectivity index (χ1) is 5.86. The van der Waals surface area contributed by atoms with Gasteiger partial charge in [-0.15, -0.1) is 0 Å². The fraction of sp³-hybridized carbons (Fsp3) is 1.00. The second-order valence-electron chi connectivity index (χ2n) is 2.95. The van der Waals surface area contributed by atoms with Crippen molar-refractivity contribution < 1.29 is 14.2 Å². The fourth-order valence-corrected chi connectivity index (χ4v) is 1.34. The molecule has 1 fully saturated rings. The van der Waals surface area contributed by atoms with Gasteiger partial charge in [-0.25, -0.2) is 0 Å². The van der Waals surface area contributed by atoms with Gasteiger partial charge in [0.1, 0.15) is 0 Å². The maximum atomic E-state index is 5.65. The summed E-state index contributed by atoms with van der Waals surface area (Å²) in [5.41, 5.74) is 0. The van der Waals surface area contributed by atoms with Crippen LogP contribution >= 0.6 is 0 Å². The maximum absolute atomic E-state index is 5.65. The molecule has 0 aromatic carbocycles. The Bertz CT molecular complexity index is 105. The molecule has 0 saturated carbocycles. The lowest BCUT2D eigenvalue weighted by Gasteiger charge is -2.29. The number of methoxy groups -OCH3 is 2. The van der Waals surface area contributed by atoms with Gasteiger partial charge in [-0.05, 0) is 0 Å². The van der Waals surface area contributed by atoms with E-state index in [-0.39, 0.29) is 12.2 Å². The van der Waals surface area contributed by atoms with Crippen LogP contribution in [0.5, 0.6) is 0 Å².